The summed E-state index contributed by atoms with van der Waals surface area (Å²) in [6.45, 7) is 0.632. The lowest BCUT2D eigenvalue weighted by Crippen LogP contribution is -2.49. The van der Waals surface area contributed by atoms with Gasteiger partial charge >= 0.3 is 12.1 Å². The molecule has 180 valence electrons. The molecule has 0 saturated carbocycles. The largest absolute Gasteiger partial charge is 0.481 e. The molecule has 2 amide bonds. The van der Waals surface area contributed by atoms with Crippen LogP contribution in [0.25, 0.3) is 11.1 Å². The number of aromatic nitrogens is 1. The van der Waals surface area contributed by atoms with E-state index in [1.807, 2.05) is 36.4 Å². The molecular weight excluding hydrogens is 466 g/mol. The van der Waals surface area contributed by atoms with Gasteiger partial charge in [-0.15, -0.1) is 11.3 Å². The number of carboxylic acids is 1. The quantitative estimate of drug-likeness (QED) is 0.524. The number of carbonyl (C=O) groups excluding carboxylic acids is 2. The van der Waals surface area contributed by atoms with Crippen LogP contribution in [0.4, 0.5) is 4.79 Å². The number of carbonyl (C=O) groups is 3. The maximum atomic E-state index is 13.2. The van der Waals surface area contributed by atoms with Crippen LogP contribution >= 0.6 is 11.3 Å². The third-order valence-corrected chi connectivity index (χ3v) is 7.47. The van der Waals surface area contributed by atoms with E-state index < -0.39 is 24.0 Å². The predicted octanol–water partition coefficient (Wildman–Crippen LogP) is 3.53. The summed E-state index contributed by atoms with van der Waals surface area (Å²) < 4.78 is 5.63. The third-order valence-electron chi connectivity index (χ3n) is 6.67. The number of fused-ring (bicyclic) bond motifs is 3. The Hall–Kier alpha value is -3.72. The van der Waals surface area contributed by atoms with Crippen molar-refractivity contribution < 1.29 is 24.2 Å². The van der Waals surface area contributed by atoms with Crippen molar-refractivity contribution in [2.24, 2.45) is 5.92 Å². The summed E-state index contributed by atoms with van der Waals surface area (Å²) in [5.74, 6) is -1.89. The Labute approximate surface area is 206 Å². The minimum atomic E-state index is -0.913. The third kappa shape index (κ3) is 4.77. The van der Waals surface area contributed by atoms with Crippen molar-refractivity contribution in [2.75, 3.05) is 19.7 Å². The Balaban J connectivity index is 1.27. The molecule has 3 aromatic rings. The second kappa shape index (κ2) is 9.87. The van der Waals surface area contributed by atoms with E-state index >= 15 is 0 Å². The Morgan fingerprint density at radius 2 is 1.80 bits per heavy atom. The lowest BCUT2D eigenvalue weighted by molar-refractivity contribution is -0.141. The average molecular weight is 492 g/mol. The Kier molecular flexibility index (Phi) is 6.50. The van der Waals surface area contributed by atoms with Crippen LogP contribution in [-0.2, 0) is 20.7 Å². The van der Waals surface area contributed by atoms with Gasteiger partial charge in [-0.05, 0) is 28.7 Å². The van der Waals surface area contributed by atoms with Gasteiger partial charge in [-0.3, -0.25) is 14.6 Å². The molecule has 1 aromatic heterocycles. The molecule has 1 saturated heterocycles. The number of nitrogens with zero attached hydrogens (tertiary/aromatic N) is 2. The molecule has 2 aromatic carbocycles. The van der Waals surface area contributed by atoms with E-state index in [9.17, 15) is 19.5 Å². The maximum Gasteiger partial charge on any atom is 0.407 e. The van der Waals surface area contributed by atoms with E-state index in [0.29, 0.717) is 13.0 Å². The zero-order valence-corrected chi connectivity index (χ0v) is 19.7. The fourth-order valence-corrected chi connectivity index (χ4v) is 5.55. The summed E-state index contributed by atoms with van der Waals surface area (Å²) in [7, 11) is 0. The highest BCUT2D eigenvalue weighted by atomic mass is 32.1. The topological polar surface area (TPSA) is 109 Å². The van der Waals surface area contributed by atoms with Crippen LogP contribution < -0.4 is 5.32 Å². The molecule has 9 heteroatoms. The van der Waals surface area contributed by atoms with Gasteiger partial charge in [0, 0.05) is 36.5 Å². The first-order valence-electron chi connectivity index (χ1n) is 11.5. The molecule has 5 rings (SSSR count). The maximum absolute atomic E-state index is 13.2. The Morgan fingerprint density at radius 3 is 2.40 bits per heavy atom. The van der Waals surface area contributed by atoms with Crippen molar-refractivity contribution >= 4 is 29.3 Å². The number of amides is 2. The molecule has 0 bridgehead atoms. The van der Waals surface area contributed by atoms with Crippen LogP contribution in [-0.4, -0.2) is 58.7 Å². The van der Waals surface area contributed by atoms with Gasteiger partial charge in [0.15, 0.2) is 0 Å². The van der Waals surface area contributed by atoms with Crippen molar-refractivity contribution in [1.82, 2.24) is 15.2 Å². The number of aliphatic carboxylic acids is 1. The molecule has 2 heterocycles. The number of alkyl carbamates (subject to hydrolysis) is 1. The van der Waals surface area contributed by atoms with Gasteiger partial charge in [0.25, 0.3) is 0 Å². The molecule has 0 radical (unpaired) electrons. The van der Waals surface area contributed by atoms with Crippen molar-refractivity contribution in [3.8, 4) is 11.1 Å². The lowest BCUT2D eigenvalue weighted by atomic mass is 9.98. The summed E-state index contributed by atoms with van der Waals surface area (Å²) in [6, 6.07) is 15.3. The first-order valence-corrected chi connectivity index (χ1v) is 12.4. The van der Waals surface area contributed by atoms with Gasteiger partial charge < -0.3 is 20.1 Å². The standard InChI is InChI=1S/C26H25N3O5S/c30-24(29-10-9-16(13-29)25(31)32)23(11-17-12-27-15-35-17)28-26(33)34-14-22-20-7-3-1-5-18(20)19-6-2-4-8-21(19)22/h1-8,12,15-16,22-23H,9-11,13-14H2,(H,28,33)(H,31,32). The number of ether oxygens (including phenoxy) is 1. The average Bonchev–Trinajstić information content (AvgIpc) is 3.61. The van der Waals surface area contributed by atoms with Crippen molar-refractivity contribution in [3.63, 3.8) is 0 Å². The minimum Gasteiger partial charge on any atom is -0.481 e. The fraction of sp³-hybridized carbons (Fsp3) is 0.308. The predicted molar refractivity (Wildman–Crippen MR) is 130 cm³/mol. The Bertz CT molecular complexity index is 1200. The first-order chi connectivity index (χ1) is 17.0. The van der Waals surface area contributed by atoms with Gasteiger partial charge in [0.2, 0.25) is 5.91 Å². The molecule has 2 N–H and O–H groups in total. The van der Waals surface area contributed by atoms with E-state index in [1.54, 1.807) is 11.7 Å². The zero-order valence-electron chi connectivity index (χ0n) is 18.9. The molecule has 1 fully saturated rings. The highest BCUT2D eigenvalue weighted by Gasteiger charge is 2.35. The van der Waals surface area contributed by atoms with Gasteiger partial charge in [-0.25, -0.2) is 4.79 Å². The molecule has 2 aliphatic rings. The van der Waals surface area contributed by atoms with Crippen LogP contribution in [0.5, 0.6) is 0 Å². The molecule has 8 nitrogen and oxygen atoms in total. The number of nitrogens with one attached hydrogen (secondary N) is 1. The minimum absolute atomic E-state index is 0.0845. The fourth-order valence-electron chi connectivity index (χ4n) is 4.91. The van der Waals surface area contributed by atoms with Crippen molar-refractivity contribution in [1.29, 1.82) is 0 Å². The number of hydrogen-bond acceptors (Lipinski definition) is 6. The second-order valence-corrected chi connectivity index (χ2v) is 9.77. The van der Waals surface area contributed by atoms with Gasteiger partial charge in [-0.1, -0.05) is 48.5 Å². The summed E-state index contributed by atoms with van der Waals surface area (Å²) in [5.41, 5.74) is 6.15. The van der Waals surface area contributed by atoms with E-state index in [-0.39, 0.29) is 31.4 Å². The molecular formula is C26H25N3O5S. The van der Waals surface area contributed by atoms with Gasteiger partial charge in [0.1, 0.15) is 12.6 Å². The number of carboxylic acid groups (broad SMARTS) is 1. The van der Waals surface area contributed by atoms with E-state index in [0.717, 1.165) is 27.1 Å². The van der Waals surface area contributed by atoms with Crippen molar-refractivity contribution in [2.45, 2.75) is 24.8 Å². The molecule has 1 aliphatic heterocycles. The smallest absolute Gasteiger partial charge is 0.407 e. The number of hydrogen-bond donors (Lipinski definition) is 2. The molecule has 2 atom stereocenters. The lowest BCUT2D eigenvalue weighted by Gasteiger charge is -2.24. The number of rotatable bonds is 7. The van der Waals surface area contributed by atoms with Gasteiger partial charge in [0.05, 0.1) is 11.4 Å². The summed E-state index contributed by atoms with van der Waals surface area (Å²) in [6.07, 6.45) is 1.65. The zero-order chi connectivity index (χ0) is 24.4. The van der Waals surface area contributed by atoms with E-state index in [2.05, 4.69) is 22.4 Å². The first kappa shape index (κ1) is 23.0. The van der Waals surface area contributed by atoms with Crippen molar-refractivity contribution in [3.05, 3.63) is 76.2 Å². The molecule has 35 heavy (non-hydrogen) atoms. The molecule has 1 aliphatic carbocycles. The normalized spacial score (nSPS) is 17.5. The number of likely N-dealkylation sites (tertiary alicyclic amines) is 1. The Morgan fingerprint density at radius 1 is 1.11 bits per heavy atom. The molecule has 2 unspecified atom stereocenters. The van der Waals surface area contributed by atoms with Crippen LogP contribution in [0.3, 0.4) is 0 Å². The van der Waals surface area contributed by atoms with Crippen LogP contribution in [0.2, 0.25) is 0 Å². The monoisotopic (exact) mass is 491 g/mol. The van der Waals surface area contributed by atoms with E-state index in [4.69, 9.17) is 4.74 Å². The van der Waals surface area contributed by atoms with Crippen LogP contribution in [0.15, 0.2) is 60.2 Å². The number of thiazole rings is 1. The van der Waals surface area contributed by atoms with Crippen LogP contribution in [0, 0.1) is 5.92 Å². The van der Waals surface area contributed by atoms with Crippen LogP contribution in [0.1, 0.15) is 28.3 Å². The second-order valence-electron chi connectivity index (χ2n) is 8.80. The van der Waals surface area contributed by atoms with E-state index in [1.165, 1.54) is 16.2 Å². The highest BCUT2D eigenvalue weighted by Crippen LogP contribution is 2.44. The summed E-state index contributed by atoms with van der Waals surface area (Å²) in [5, 5.41) is 12.0. The number of benzene rings is 2. The van der Waals surface area contributed by atoms with Gasteiger partial charge in [-0.2, -0.15) is 0 Å². The summed E-state index contributed by atoms with van der Waals surface area (Å²) in [4.78, 5) is 43.8. The highest BCUT2D eigenvalue weighted by molar-refractivity contribution is 7.09. The summed E-state index contributed by atoms with van der Waals surface area (Å²) >= 11 is 1.39. The molecule has 0 spiro atoms. The SMILES string of the molecule is O=C(NC(Cc1cncs1)C(=O)N1CCC(C(=O)O)C1)OCC1c2ccccc2-c2ccccc21.